The minimum absolute atomic E-state index is 0. The molecule has 128 valence electrons. The van der Waals surface area contributed by atoms with Crippen molar-refractivity contribution in [3.8, 4) is 5.75 Å². The second-order valence-corrected chi connectivity index (χ2v) is 6.04. The summed E-state index contributed by atoms with van der Waals surface area (Å²) >= 11 is 0. The molecule has 4 nitrogen and oxygen atoms in total. The van der Waals surface area contributed by atoms with E-state index in [0.29, 0.717) is 13.1 Å². The first-order valence-electron chi connectivity index (χ1n) is 7.52. The summed E-state index contributed by atoms with van der Waals surface area (Å²) in [6.45, 7) is 0.813. The van der Waals surface area contributed by atoms with Crippen LogP contribution < -0.4 is 10.1 Å². The number of likely N-dealkylation sites (tertiary alicyclic amines) is 1. The first-order chi connectivity index (χ1) is 10.5. The van der Waals surface area contributed by atoms with Crippen LogP contribution in [0.5, 0.6) is 5.75 Å². The molecule has 0 bridgehead atoms. The van der Waals surface area contributed by atoms with Crippen molar-refractivity contribution >= 4 is 18.3 Å². The predicted octanol–water partition coefficient (Wildman–Crippen LogP) is 2.43. The molecule has 1 amide bonds. The molecular formula is C16H21ClF2N2O2. The summed E-state index contributed by atoms with van der Waals surface area (Å²) in [5, 5.41) is 2.64. The highest BCUT2D eigenvalue weighted by Gasteiger charge is 2.44. The highest BCUT2D eigenvalue weighted by Crippen LogP contribution is 2.31. The van der Waals surface area contributed by atoms with Crippen molar-refractivity contribution in [3.63, 3.8) is 0 Å². The Morgan fingerprint density at radius 3 is 2.61 bits per heavy atom. The van der Waals surface area contributed by atoms with Gasteiger partial charge in [0.2, 0.25) is 5.91 Å². The lowest BCUT2D eigenvalue weighted by Gasteiger charge is -2.20. The number of nitrogens with one attached hydrogen (secondary N) is 1. The van der Waals surface area contributed by atoms with Crippen LogP contribution >= 0.6 is 12.4 Å². The second-order valence-electron chi connectivity index (χ2n) is 6.04. The van der Waals surface area contributed by atoms with Crippen LogP contribution in [-0.2, 0) is 4.79 Å². The van der Waals surface area contributed by atoms with Crippen LogP contribution in [0.25, 0.3) is 0 Å². The van der Waals surface area contributed by atoms with E-state index in [4.69, 9.17) is 4.74 Å². The van der Waals surface area contributed by atoms with Crippen molar-refractivity contribution in [3.05, 3.63) is 29.8 Å². The maximum absolute atomic E-state index is 13.2. The molecule has 0 aliphatic carbocycles. The molecule has 7 heteroatoms. The van der Waals surface area contributed by atoms with E-state index in [1.54, 1.807) is 12.0 Å². The van der Waals surface area contributed by atoms with Crippen molar-refractivity contribution in [2.75, 3.05) is 26.7 Å². The van der Waals surface area contributed by atoms with Crippen molar-refractivity contribution < 1.29 is 18.3 Å². The second kappa shape index (κ2) is 7.01. The van der Waals surface area contributed by atoms with Crippen molar-refractivity contribution in [1.29, 1.82) is 0 Å². The van der Waals surface area contributed by atoms with E-state index in [-0.39, 0.29) is 24.2 Å². The number of hydrogen-bond acceptors (Lipinski definition) is 3. The number of ether oxygens (including phenoxy) is 1. The van der Waals surface area contributed by atoms with E-state index in [0.717, 1.165) is 17.7 Å². The van der Waals surface area contributed by atoms with Gasteiger partial charge in [-0.3, -0.25) is 10.1 Å². The number of methoxy groups -OCH3 is 1. The number of rotatable bonds is 3. The molecule has 1 aromatic carbocycles. The largest absolute Gasteiger partial charge is 0.497 e. The highest BCUT2D eigenvalue weighted by atomic mass is 35.5. The number of nitrogens with zero attached hydrogens (tertiary/aromatic N) is 1. The molecule has 0 radical (unpaired) electrons. The quantitative estimate of drug-likeness (QED) is 0.914. The van der Waals surface area contributed by atoms with Gasteiger partial charge in [0.25, 0.3) is 5.92 Å². The van der Waals surface area contributed by atoms with Gasteiger partial charge in [0.15, 0.2) is 0 Å². The summed E-state index contributed by atoms with van der Waals surface area (Å²) in [4.78, 5) is 14.0. The zero-order valence-corrected chi connectivity index (χ0v) is 13.7. The maximum Gasteiger partial charge on any atom is 0.262 e. The molecular weight excluding hydrogens is 326 g/mol. The fourth-order valence-corrected chi connectivity index (χ4v) is 3.22. The fourth-order valence-electron chi connectivity index (χ4n) is 3.22. The van der Waals surface area contributed by atoms with Crippen LogP contribution in [0, 0.1) is 0 Å². The Morgan fingerprint density at radius 1 is 1.35 bits per heavy atom. The van der Waals surface area contributed by atoms with Crippen molar-refractivity contribution in [2.45, 2.75) is 30.7 Å². The minimum atomic E-state index is -2.77. The normalized spacial score (nSPS) is 26.0. The van der Waals surface area contributed by atoms with Crippen LogP contribution in [0.3, 0.4) is 0 Å². The Balaban J connectivity index is 0.00000192. The van der Waals surface area contributed by atoms with Gasteiger partial charge >= 0.3 is 0 Å². The monoisotopic (exact) mass is 346 g/mol. The zero-order chi connectivity index (χ0) is 15.7. The first kappa shape index (κ1) is 17.9. The third kappa shape index (κ3) is 3.93. The molecule has 1 aromatic rings. The van der Waals surface area contributed by atoms with Gasteiger partial charge in [-0.05, 0) is 24.1 Å². The van der Waals surface area contributed by atoms with Gasteiger partial charge < -0.3 is 9.64 Å². The number of benzene rings is 1. The molecule has 2 atom stereocenters. The highest BCUT2D eigenvalue weighted by molar-refractivity contribution is 5.85. The Morgan fingerprint density at radius 2 is 2.04 bits per heavy atom. The summed E-state index contributed by atoms with van der Waals surface area (Å²) in [6.07, 6.45) is 0.469. The van der Waals surface area contributed by atoms with Gasteiger partial charge in [-0.15, -0.1) is 12.4 Å². The fraction of sp³-hybridized carbons (Fsp3) is 0.562. The molecule has 3 rings (SSSR count). The molecule has 2 aliphatic rings. The van der Waals surface area contributed by atoms with Gasteiger partial charge in [-0.1, -0.05) is 12.1 Å². The number of hydrogen-bond donors (Lipinski definition) is 1. The summed E-state index contributed by atoms with van der Waals surface area (Å²) in [7, 11) is 1.62. The summed E-state index contributed by atoms with van der Waals surface area (Å²) in [5.74, 6) is -1.91. The molecule has 23 heavy (non-hydrogen) atoms. The molecule has 0 aromatic heterocycles. The minimum Gasteiger partial charge on any atom is -0.497 e. The average Bonchev–Trinajstić information content (AvgIpc) is 3.13. The molecule has 2 fully saturated rings. The summed E-state index contributed by atoms with van der Waals surface area (Å²) < 4.78 is 31.6. The first-order valence-corrected chi connectivity index (χ1v) is 7.52. The molecule has 2 saturated heterocycles. The van der Waals surface area contributed by atoms with Gasteiger partial charge in [-0.25, -0.2) is 8.78 Å². The van der Waals surface area contributed by atoms with Gasteiger partial charge in [-0.2, -0.15) is 0 Å². The third-order valence-electron chi connectivity index (χ3n) is 4.50. The van der Waals surface area contributed by atoms with Crippen LogP contribution in [0.15, 0.2) is 24.3 Å². The number of alkyl halides is 2. The number of carbonyl (C=O) groups excluding carboxylic acids is 1. The predicted molar refractivity (Wildman–Crippen MR) is 85.5 cm³/mol. The molecule has 2 heterocycles. The molecule has 2 aliphatic heterocycles. The summed E-state index contributed by atoms with van der Waals surface area (Å²) in [5.41, 5.74) is 1.15. The van der Waals surface area contributed by atoms with Gasteiger partial charge in [0, 0.05) is 25.4 Å². The Kier molecular flexibility index (Phi) is 5.47. The van der Waals surface area contributed by atoms with Gasteiger partial charge in [0.05, 0.1) is 19.7 Å². The van der Waals surface area contributed by atoms with Crippen LogP contribution in [0.4, 0.5) is 8.78 Å². The lowest BCUT2D eigenvalue weighted by Crippen LogP contribution is -2.42. The zero-order valence-electron chi connectivity index (χ0n) is 12.9. The van der Waals surface area contributed by atoms with E-state index in [1.807, 2.05) is 24.3 Å². The average molecular weight is 347 g/mol. The SMILES string of the molecule is COc1ccc(C2CCN(C(=O)C3CC(F)(F)CN3)C2)cc1.Cl. The lowest BCUT2D eigenvalue weighted by molar-refractivity contribution is -0.132. The van der Waals surface area contributed by atoms with E-state index in [1.165, 1.54) is 0 Å². The smallest absolute Gasteiger partial charge is 0.262 e. The molecule has 0 saturated carbocycles. The Bertz CT molecular complexity index is 554. The van der Waals surface area contributed by atoms with Crippen molar-refractivity contribution in [1.82, 2.24) is 10.2 Å². The Hall–Kier alpha value is -1.40. The molecule has 0 spiro atoms. The topological polar surface area (TPSA) is 41.6 Å². The molecule has 2 unspecified atom stereocenters. The van der Waals surface area contributed by atoms with Crippen LogP contribution in [0.1, 0.15) is 24.3 Å². The van der Waals surface area contributed by atoms with Crippen molar-refractivity contribution in [2.24, 2.45) is 0 Å². The van der Waals surface area contributed by atoms with E-state index >= 15 is 0 Å². The van der Waals surface area contributed by atoms with Crippen LogP contribution in [0.2, 0.25) is 0 Å². The standard InChI is InChI=1S/C16H20F2N2O2.ClH/c1-22-13-4-2-11(3-5-13)12-6-7-20(9-12)15(21)14-8-16(17,18)10-19-14;/h2-5,12,14,19H,6-10H2,1H3;1H. The van der Waals surface area contributed by atoms with Crippen LogP contribution in [-0.4, -0.2) is 49.5 Å². The number of halogens is 3. The van der Waals surface area contributed by atoms with Gasteiger partial charge in [0.1, 0.15) is 5.75 Å². The lowest BCUT2D eigenvalue weighted by atomic mass is 9.98. The van der Waals surface area contributed by atoms with E-state index in [9.17, 15) is 13.6 Å². The number of carbonyl (C=O) groups is 1. The van der Waals surface area contributed by atoms with E-state index in [2.05, 4.69) is 5.32 Å². The maximum atomic E-state index is 13.2. The summed E-state index contributed by atoms with van der Waals surface area (Å²) in [6, 6.07) is 7.06. The third-order valence-corrected chi connectivity index (χ3v) is 4.50. The molecule has 1 N–H and O–H groups in total. The number of amides is 1. The Labute approximate surface area is 140 Å². The van der Waals surface area contributed by atoms with E-state index < -0.39 is 24.9 Å².